The zero-order valence-corrected chi connectivity index (χ0v) is 10.0. The lowest BCUT2D eigenvalue weighted by atomic mass is 10.1. The summed E-state index contributed by atoms with van der Waals surface area (Å²) in [6, 6.07) is 1.89. The van der Waals surface area contributed by atoms with Gasteiger partial charge in [-0.1, -0.05) is 12.7 Å². The lowest BCUT2D eigenvalue weighted by Gasteiger charge is -2.13. The number of halogens is 1. The number of nitrogen functional groups attached to an aromatic ring is 1. The predicted octanol–water partition coefficient (Wildman–Crippen LogP) is 3.21. The molecule has 2 nitrogen and oxygen atoms in total. The Morgan fingerprint density at radius 2 is 2.14 bits per heavy atom. The SMILES string of the molecule is C=CCOc1cc(Br)c(N)c(C)c1C. The van der Waals surface area contributed by atoms with Crippen LogP contribution >= 0.6 is 15.9 Å². The zero-order valence-electron chi connectivity index (χ0n) is 8.43. The van der Waals surface area contributed by atoms with Gasteiger partial charge in [0.1, 0.15) is 12.4 Å². The number of rotatable bonds is 3. The number of hydrogen-bond acceptors (Lipinski definition) is 2. The monoisotopic (exact) mass is 255 g/mol. The van der Waals surface area contributed by atoms with Crippen LogP contribution in [-0.4, -0.2) is 6.61 Å². The summed E-state index contributed by atoms with van der Waals surface area (Å²) >= 11 is 3.39. The molecule has 0 unspecified atom stereocenters. The molecule has 0 aromatic heterocycles. The van der Waals surface area contributed by atoms with Crippen LogP contribution in [0.15, 0.2) is 23.2 Å². The highest BCUT2D eigenvalue weighted by Gasteiger charge is 2.08. The van der Waals surface area contributed by atoms with Crippen molar-refractivity contribution in [2.45, 2.75) is 13.8 Å². The van der Waals surface area contributed by atoms with Gasteiger partial charge in [0.2, 0.25) is 0 Å². The Morgan fingerprint density at radius 3 is 2.71 bits per heavy atom. The molecule has 0 spiro atoms. The fraction of sp³-hybridized carbons (Fsp3) is 0.273. The van der Waals surface area contributed by atoms with Gasteiger partial charge in [0.15, 0.2) is 0 Å². The van der Waals surface area contributed by atoms with Crippen LogP contribution in [0.25, 0.3) is 0 Å². The standard InChI is InChI=1S/C11H14BrNO/c1-4-5-14-10-6-9(12)11(13)8(3)7(10)2/h4,6H,1,5,13H2,2-3H3. The van der Waals surface area contributed by atoms with Crippen LogP contribution in [0.4, 0.5) is 5.69 Å². The molecular formula is C11H14BrNO. The molecule has 0 saturated heterocycles. The smallest absolute Gasteiger partial charge is 0.124 e. The van der Waals surface area contributed by atoms with E-state index in [-0.39, 0.29) is 0 Å². The average molecular weight is 256 g/mol. The summed E-state index contributed by atoms with van der Waals surface area (Å²) in [6.07, 6.45) is 1.72. The molecule has 0 aliphatic carbocycles. The molecular weight excluding hydrogens is 242 g/mol. The predicted molar refractivity (Wildman–Crippen MR) is 63.7 cm³/mol. The molecule has 0 aliphatic rings. The van der Waals surface area contributed by atoms with Crippen LogP contribution in [0.2, 0.25) is 0 Å². The highest BCUT2D eigenvalue weighted by molar-refractivity contribution is 9.10. The Bertz CT molecular complexity index is 361. The number of ether oxygens (including phenoxy) is 1. The van der Waals surface area contributed by atoms with Crippen LogP contribution in [0.1, 0.15) is 11.1 Å². The van der Waals surface area contributed by atoms with E-state index in [2.05, 4.69) is 22.5 Å². The molecule has 0 saturated carbocycles. The summed E-state index contributed by atoms with van der Waals surface area (Å²) in [5.41, 5.74) is 8.76. The van der Waals surface area contributed by atoms with Crippen LogP contribution in [0.5, 0.6) is 5.75 Å². The molecule has 2 N–H and O–H groups in total. The maximum absolute atomic E-state index is 5.86. The van der Waals surface area contributed by atoms with Gasteiger partial charge in [0.05, 0.1) is 0 Å². The first-order valence-electron chi connectivity index (χ1n) is 4.36. The topological polar surface area (TPSA) is 35.2 Å². The van der Waals surface area contributed by atoms with Gasteiger partial charge in [-0.15, -0.1) is 0 Å². The average Bonchev–Trinajstić information content (AvgIpc) is 2.18. The number of anilines is 1. The third kappa shape index (κ3) is 2.10. The van der Waals surface area contributed by atoms with Crippen molar-refractivity contribution in [2.24, 2.45) is 0 Å². The zero-order chi connectivity index (χ0) is 10.7. The third-order valence-corrected chi connectivity index (χ3v) is 2.86. The summed E-state index contributed by atoms with van der Waals surface area (Å²) in [5.74, 6) is 0.850. The summed E-state index contributed by atoms with van der Waals surface area (Å²) < 4.78 is 6.37. The van der Waals surface area contributed by atoms with E-state index >= 15 is 0 Å². The lowest BCUT2D eigenvalue weighted by Crippen LogP contribution is -2.00. The first kappa shape index (κ1) is 11.1. The van der Waals surface area contributed by atoms with E-state index in [0.717, 1.165) is 27.0 Å². The third-order valence-electron chi connectivity index (χ3n) is 2.21. The molecule has 0 fully saturated rings. The van der Waals surface area contributed by atoms with Crippen molar-refractivity contribution in [3.05, 3.63) is 34.3 Å². The molecule has 76 valence electrons. The van der Waals surface area contributed by atoms with Crippen molar-refractivity contribution < 1.29 is 4.74 Å². The van der Waals surface area contributed by atoms with Gasteiger partial charge >= 0.3 is 0 Å². The molecule has 0 bridgehead atoms. The Labute approximate surface area is 92.9 Å². The van der Waals surface area contributed by atoms with E-state index < -0.39 is 0 Å². The lowest BCUT2D eigenvalue weighted by molar-refractivity contribution is 0.360. The number of hydrogen-bond donors (Lipinski definition) is 1. The molecule has 1 aromatic carbocycles. The van der Waals surface area contributed by atoms with Crippen molar-refractivity contribution in [1.29, 1.82) is 0 Å². The van der Waals surface area contributed by atoms with Gasteiger partial charge in [-0.2, -0.15) is 0 Å². The van der Waals surface area contributed by atoms with E-state index in [1.807, 2.05) is 19.9 Å². The minimum atomic E-state index is 0.511. The second-order valence-corrected chi connectivity index (χ2v) is 3.97. The number of benzene rings is 1. The maximum atomic E-state index is 5.86. The molecule has 0 heterocycles. The second kappa shape index (κ2) is 4.51. The summed E-state index contributed by atoms with van der Waals surface area (Å²) in [7, 11) is 0. The molecule has 0 radical (unpaired) electrons. The van der Waals surface area contributed by atoms with Crippen molar-refractivity contribution in [1.82, 2.24) is 0 Å². The Hall–Kier alpha value is -0.960. The largest absolute Gasteiger partial charge is 0.489 e. The first-order valence-corrected chi connectivity index (χ1v) is 5.16. The number of nitrogens with two attached hydrogens (primary N) is 1. The molecule has 0 atom stereocenters. The maximum Gasteiger partial charge on any atom is 0.124 e. The minimum Gasteiger partial charge on any atom is -0.489 e. The fourth-order valence-corrected chi connectivity index (χ4v) is 1.67. The van der Waals surface area contributed by atoms with Gasteiger partial charge in [0, 0.05) is 10.2 Å². The van der Waals surface area contributed by atoms with E-state index in [1.54, 1.807) is 6.08 Å². The van der Waals surface area contributed by atoms with Crippen LogP contribution in [0.3, 0.4) is 0 Å². The van der Waals surface area contributed by atoms with Gasteiger partial charge in [-0.25, -0.2) is 0 Å². The Kier molecular flexibility index (Phi) is 3.58. The highest BCUT2D eigenvalue weighted by Crippen LogP contribution is 2.32. The van der Waals surface area contributed by atoms with Gasteiger partial charge in [0.25, 0.3) is 0 Å². The molecule has 1 rings (SSSR count). The molecule has 0 amide bonds. The van der Waals surface area contributed by atoms with Crippen molar-refractivity contribution in [3.8, 4) is 5.75 Å². The van der Waals surface area contributed by atoms with E-state index in [1.165, 1.54) is 0 Å². The quantitative estimate of drug-likeness (QED) is 0.665. The van der Waals surface area contributed by atoms with Crippen LogP contribution < -0.4 is 10.5 Å². The van der Waals surface area contributed by atoms with E-state index in [9.17, 15) is 0 Å². The van der Waals surface area contributed by atoms with Crippen molar-refractivity contribution >= 4 is 21.6 Å². The molecule has 0 aliphatic heterocycles. The van der Waals surface area contributed by atoms with Gasteiger partial charge in [-0.3, -0.25) is 0 Å². The van der Waals surface area contributed by atoms with Gasteiger partial charge in [-0.05, 0) is 47.0 Å². The van der Waals surface area contributed by atoms with E-state index in [0.29, 0.717) is 6.61 Å². The molecule has 3 heteroatoms. The summed E-state index contributed by atoms with van der Waals surface area (Å²) in [6.45, 7) is 8.10. The van der Waals surface area contributed by atoms with Gasteiger partial charge < -0.3 is 10.5 Å². The Balaban J connectivity index is 3.12. The highest BCUT2D eigenvalue weighted by atomic mass is 79.9. The van der Waals surface area contributed by atoms with Crippen LogP contribution in [-0.2, 0) is 0 Å². The molecule has 14 heavy (non-hydrogen) atoms. The van der Waals surface area contributed by atoms with Crippen molar-refractivity contribution in [3.63, 3.8) is 0 Å². The molecule has 1 aromatic rings. The summed E-state index contributed by atoms with van der Waals surface area (Å²) in [5, 5.41) is 0. The summed E-state index contributed by atoms with van der Waals surface area (Å²) in [4.78, 5) is 0. The van der Waals surface area contributed by atoms with Crippen molar-refractivity contribution in [2.75, 3.05) is 12.3 Å². The van der Waals surface area contributed by atoms with E-state index in [4.69, 9.17) is 10.5 Å². The fourth-order valence-electron chi connectivity index (χ4n) is 1.17. The second-order valence-electron chi connectivity index (χ2n) is 3.12. The minimum absolute atomic E-state index is 0.511. The normalized spacial score (nSPS) is 9.93. The van der Waals surface area contributed by atoms with Crippen LogP contribution in [0, 0.1) is 13.8 Å². The first-order chi connectivity index (χ1) is 6.57. The Morgan fingerprint density at radius 1 is 1.50 bits per heavy atom.